The number of benzene rings is 2. The topological polar surface area (TPSA) is 84.0 Å². The Hall–Kier alpha value is -2.90. The zero-order valence-electron chi connectivity index (χ0n) is 19.5. The summed E-state index contributed by atoms with van der Waals surface area (Å²) >= 11 is 7.65. The third-order valence-electron chi connectivity index (χ3n) is 5.11. The summed E-state index contributed by atoms with van der Waals surface area (Å²) in [6, 6.07) is 16.9. The molecule has 0 unspecified atom stereocenters. The number of thioether (sulfide) groups is 1. The summed E-state index contributed by atoms with van der Waals surface area (Å²) < 4.78 is 0. The van der Waals surface area contributed by atoms with Gasteiger partial charge in [0.25, 0.3) is 5.91 Å². The van der Waals surface area contributed by atoms with E-state index in [1.54, 1.807) is 0 Å². The van der Waals surface area contributed by atoms with E-state index in [2.05, 4.69) is 27.5 Å². The van der Waals surface area contributed by atoms with Crippen molar-refractivity contribution >= 4 is 40.9 Å². The number of nitrogens with one attached hydrogen (secondary N) is 2. The lowest BCUT2D eigenvalue weighted by atomic mass is 10.0. The summed E-state index contributed by atoms with van der Waals surface area (Å²) in [5, 5.41) is 6.29. The average molecular weight is 497 g/mol. The van der Waals surface area contributed by atoms with Crippen molar-refractivity contribution in [3.8, 4) is 0 Å². The summed E-state index contributed by atoms with van der Waals surface area (Å²) in [7, 11) is 0. The van der Waals surface area contributed by atoms with Gasteiger partial charge in [0.15, 0.2) is 10.9 Å². The molecule has 178 valence electrons. The molecule has 3 aromatic rings. The lowest BCUT2D eigenvalue weighted by molar-refractivity contribution is -0.118. The molecule has 2 aromatic carbocycles. The molecule has 0 saturated carbocycles. The summed E-state index contributed by atoms with van der Waals surface area (Å²) in [6.45, 7) is 6.07. The Morgan fingerprint density at radius 3 is 2.38 bits per heavy atom. The van der Waals surface area contributed by atoms with Crippen LogP contribution in [0.2, 0.25) is 5.02 Å². The molecule has 3 rings (SSSR count). The maximum absolute atomic E-state index is 13.0. The van der Waals surface area contributed by atoms with Gasteiger partial charge in [-0.15, -0.1) is 0 Å². The third-order valence-corrected chi connectivity index (χ3v) is 6.32. The maximum Gasteiger partial charge on any atom is 0.272 e. The fourth-order valence-corrected chi connectivity index (χ4v) is 4.23. The molecule has 0 aliphatic rings. The molecule has 0 bridgehead atoms. The average Bonchev–Trinajstić information content (AvgIpc) is 2.84. The van der Waals surface area contributed by atoms with Crippen LogP contribution < -0.4 is 10.6 Å². The van der Waals surface area contributed by atoms with Gasteiger partial charge in [0.2, 0.25) is 5.91 Å². The van der Waals surface area contributed by atoms with Crippen molar-refractivity contribution in [1.29, 1.82) is 0 Å². The molecule has 6 nitrogen and oxygen atoms in total. The predicted molar refractivity (Wildman–Crippen MR) is 138 cm³/mol. The van der Waals surface area contributed by atoms with Crippen LogP contribution in [0.15, 0.2) is 66.0 Å². The molecule has 0 saturated heterocycles. The van der Waals surface area contributed by atoms with E-state index in [1.165, 1.54) is 23.5 Å². The van der Waals surface area contributed by atoms with Gasteiger partial charge in [0.05, 0.1) is 11.2 Å². The van der Waals surface area contributed by atoms with Crippen molar-refractivity contribution in [3.63, 3.8) is 0 Å². The number of aromatic nitrogens is 2. The second kappa shape index (κ2) is 12.5. The van der Waals surface area contributed by atoms with Crippen molar-refractivity contribution in [2.75, 3.05) is 5.32 Å². The Bertz CT molecular complexity index is 1110. The van der Waals surface area contributed by atoms with E-state index in [9.17, 15) is 9.59 Å². The van der Waals surface area contributed by atoms with Crippen LogP contribution in [-0.2, 0) is 17.0 Å². The summed E-state index contributed by atoms with van der Waals surface area (Å²) in [5.41, 5.74) is 3.05. The van der Waals surface area contributed by atoms with Gasteiger partial charge in [-0.05, 0) is 42.0 Å². The van der Waals surface area contributed by atoms with E-state index in [-0.39, 0.29) is 22.5 Å². The first-order valence-corrected chi connectivity index (χ1v) is 12.6. The number of rotatable bonds is 10. The molecule has 34 heavy (non-hydrogen) atoms. The van der Waals surface area contributed by atoms with E-state index < -0.39 is 11.9 Å². The lowest BCUT2D eigenvalue weighted by Gasteiger charge is -2.20. The number of hydrogen-bond donors (Lipinski definition) is 2. The Morgan fingerprint density at radius 2 is 1.74 bits per heavy atom. The van der Waals surface area contributed by atoms with Gasteiger partial charge in [-0.1, -0.05) is 86.6 Å². The largest absolute Gasteiger partial charge is 0.339 e. The molecule has 0 radical (unpaired) electrons. The Kier molecular flexibility index (Phi) is 9.48. The minimum absolute atomic E-state index is 0.0566. The van der Waals surface area contributed by atoms with Crippen LogP contribution in [0.3, 0.4) is 0 Å². The Labute approximate surface area is 209 Å². The number of hydrogen-bond acceptors (Lipinski definition) is 5. The molecule has 0 spiro atoms. The monoisotopic (exact) mass is 496 g/mol. The number of amides is 2. The molecule has 1 heterocycles. The molecule has 0 aliphatic carbocycles. The van der Waals surface area contributed by atoms with Crippen LogP contribution in [0.5, 0.6) is 0 Å². The van der Waals surface area contributed by atoms with Gasteiger partial charge in [0.1, 0.15) is 6.04 Å². The number of halogens is 1. The number of carbonyl (C=O) groups is 2. The Balaban J connectivity index is 1.70. The van der Waals surface area contributed by atoms with Crippen LogP contribution in [0, 0.1) is 5.92 Å². The SMILES string of the molecule is CCc1ccc(NC(=O)[C@H](CC(C)C)NC(=O)c2nc(SCc3ccccc3)ncc2Cl)cc1. The van der Waals surface area contributed by atoms with Crippen molar-refractivity contribution in [3.05, 3.63) is 82.6 Å². The molecule has 8 heteroatoms. The fraction of sp³-hybridized carbons (Fsp3) is 0.308. The zero-order valence-corrected chi connectivity index (χ0v) is 21.1. The highest BCUT2D eigenvalue weighted by molar-refractivity contribution is 7.98. The third kappa shape index (κ3) is 7.57. The summed E-state index contributed by atoms with van der Waals surface area (Å²) in [6.07, 6.45) is 2.82. The van der Waals surface area contributed by atoms with E-state index in [1.807, 2.05) is 68.4 Å². The highest BCUT2D eigenvalue weighted by atomic mass is 35.5. The summed E-state index contributed by atoms with van der Waals surface area (Å²) in [4.78, 5) is 34.6. The molecule has 1 aromatic heterocycles. The van der Waals surface area contributed by atoms with E-state index >= 15 is 0 Å². The highest BCUT2D eigenvalue weighted by Crippen LogP contribution is 2.22. The van der Waals surface area contributed by atoms with Crippen molar-refractivity contribution in [2.45, 2.75) is 50.6 Å². The predicted octanol–water partition coefficient (Wildman–Crippen LogP) is 5.77. The van der Waals surface area contributed by atoms with Crippen LogP contribution in [-0.4, -0.2) is 27.8 Å². The normalized spacial score (nSPS) is 11.8. The number of anilines is 1. The molecular weight excluding hydrogens is 468 g/mol. The van der Waals surface area contributed by atoms with Crippen LogP contribution in [0.4, 0.5) is 5.69 Å². The minimum Gasteiger partial charge on any atom is -0.339 e. The van der Waals surface area contributed by atoms with E-state index in [0.717, 1.165) is 12.0 Å². The van der Waals surface area contributed by atoms with Crippen LogP contribution >= 0.6 is 23.4 Å². The zero-order chi connectivity index (χ0) is 24.5. The quantitative estimate of drug-likeness (QED) is 0.275. The van der Waals surface area contributed by atoms with Gasteiger partial charge in [-0.2, -0.15) is 0 Å². The highest BCUT2D eigenvalue weighted by Gasteiger charge is 2.25. The number of nitrogens with zero attached hydrogens (tertiary/aromatic N) is 2. The van der Waals surface area contributed by atoms with Crippen molar-refractivity contribution < 1.29 is 9.59 Å². The molecule has 0 fully saturated rings. The second-order valence-electron chi connectivity index (χ2n) is 8.32. The number of carbonyl (C=O) groups excluding carboxylic acids is 2. The van der Waals surface area contributed by atoms with Gasteiger partial charge in [0, 0.05) is 11.4 Å². The first-order chi connectivity index (χ1) is 16.4. The minimum atomic E-state index is -0.732. The fourth-order valence-electron chi connectivity index (χ4n) is 3.28. The smallest absolute Gasteiger partial charge is 0.272 e. The molecule has 1 atom stereocenters. The molecular formula is C26H29ClN4O2S. The summed E-state index contributed by atoms with van der Waals surface area (Å²) in [5.74, 6) is 0.0706. The Morgan fingerprint density at radius 1 is 1.03 bits per heavy atom. The van der Waals surface area contributed by atoms with Crippen LogP contribution in [0.1, 0.15) is 48.8 Å². The maximum atomic E-state index is 13.0. The molecule has 2 N–H and O–H groups in total. The molecule has 0 aliphatic heterocycles. The second-order valence-corrected chi connectivity index (χ2v) is 9.67. The van der Waals surface area contributed by atoms with Gasteiger partial charge in [-0.25, -0.2) is 9.97 Å². The number of aryl methyl sites for hydroxylation is 1. The van der Waals surface area contributed by atoms with Gasteiger partial charge >= 0.3 is 0 Å². The first kappa shape index (κ1) is 25.7. The van der Waals surface area contributed by atoms with Crippen LogP contribution in [0.25, 0.3) is 0 Å². The standard InChI is InChI=1S/C26H29ClN4O2S/c1-4-18-10-12-20(13-11-18)29-24(32)22(14-17(2)3)30-25(33)23-21(27)15-28-26(31-23)34-16-19-8-6-5-7-9-19/h5-13,15,17,22H,4,14,16H2,1-3H3,(H,29,32)(H,30,33)/t22-/m0/s1. The van der Waals surface area contributed by atoms with Crippen molar-refractivity contribution in [1.82, 2.24) is 15.3 Å². The van der Waals surface area contributed by atoms with Gasteiger partial charge < -0.3 is 10.6 Å². The van der Waals surface area contributed by atoms with Gasteiger partial charge in [-0.3, -0.25) is 9.59 Å². The van der Waals surface area contributed by atoms with E-state index in [0.29, 0.717) is 23.0 Å². The molecule has 2 amide bonds. The van der Waals surface area contributed by atoms with Crippen molar-refractivity contribution in [2.24, 2.45) is 5.92 Å². The van der Waals surface area contributed by atoms with E-state index in [4.69, 9.17) is 11.6 Å². The lowest BCUT2D eigenvalue weighted by Crippen LogP contribution is -2.45. The first-order valence-electron chi connectivity index (χ1n) is 11.3.